The Hall–Kier alpha value is -2.70. The number of β-amino-alcohol motifs (C(OH)–C–C–N with tert-alkyl or cyclic N) is 1. The summed E-state index contributed by atoms with van der Waals surface area (Å²) < 4.78 is 0. The molecule has 2 aromatic carbocycles. The first-order valence-electron chi connectivity index (χ1n) is 8.78. The molecule has 144 valence electrons. The van der Waals surface area contributed by atoms with E-state index in [1.54, 1.807) is 25.1 Å². The molecule has 0 saturated carbocycles. The standard InChI is InChI=1S/C21H26N2O4/c1-14(25)16-6-4-5-15(9-16)11-21(2,3)23-12-20(27)17-7-8-19(26)18(10-17)22-13-24/h4-10,13,20,23,26-27H,11-12H2,1-3H3,(H,22,24)/t20-/m0/s1. The minimum atomic E-state index is -0.805. The van der Waals surface area contributed by atoms with Crippen LogP contribution in [0.15, 0.2) is 42.5 Å². The van der Waals surface area contributed by atoms with Gasteiger partial charge in [0.2, 0.25) is 6.41 Å². The Kier molecular flexibility index (Phi) is 6.71. The van der Waals surface area contributed by atoms with E-state index < -0.39 is 6.10 Å². The van der Waals surface area contributed by atoms with Crippen molar-refractivity contribution in [2.75, 3.05) is 11.9 Å². The fourth-order valence-electron chi connectivity index (χ4n) is 2.90. The smallest absolute Gasteiger partial charge is 0.211 e. The molecule has 0 aromatic heterocycles. The molecule has 2 rings (SSSR count). The number of amides is 1. The highest BCUT2D eigenvalue weighted by molar-refractivity contribution is 5.94. The molecule has 4 N–H and O–H groups in total. The molecule has 0 heterocycles. The molecular weight excluding hydrogens is 344 g/mol. The van der Waals surface area contributed by atoms with E-state index in [-0.39, 0.29) is 22.8 Å². The summed E-state index contributed by atoms with van der Waals surface area (Å²) in [4.78, 5) is 22.1. The van der Waals surface area contributed by atoms with Crippen molar-refractivity contribution < 1.29 is 19.8 Å². The van der Waals surface area contributed by atoms with Crippen molar-refractivity contribution in [1.82, 2.24) is 5.32 Å². The van der Waals surface area contributed by atoms with Crippen LogP contribution < -0.4 is 10.6 Å². The van der Waals surface area contributed by atoms with Crippen molar-refractivity contribution in [3.8, 4) is 5.75 Å². The number of aliphatic hydroxyl groups is 1. The third kappa shape index (κ3) is 5.91. The number of carbonyl (C=O) groups is 2. The van der Waals surface area contributed by atoms with E-state index in [0.717, 1.165) is 5.56 Å². The monoisotopic (exact) mass is 370 g/mol. The zero-order chi connectivity index (χ0) is 20.0. The largest absolute Gasteiger partial charge is 0.506 e. The molecule has 27 heavy (non-hydrogen) atoms. The highest BCUT2D eigenvalue weighted by Gasteiger charge is 2.20. The summed E-state index contributed by atoms with van der Waals surface area (Å²) in [6.07, 6.45) is 0.358. The molecule has 0 unspecified atom stereocenters. The predicted octanol–water partition coefficient (Wildman–Crippen LogP) is 2.81. The van der Waals surface area contributed by atoms with Gasteiger partial charge < -0.3 is 20.8 Å². The van der Waals surface area contributed by atoms with Gasteiger partial charge in [-0.1, -0.05) is 24.3 Å². The second-order valence-corrected chi connectivity index (χ2v) is 7.25. The number of benzene rings is 2. The van der Waals surface area contributed by atoms with Gasteiger partial charge in [-0.15, -0.1) is 0 Å². The summed E-state index contributed by atoms with van der Waals surface area (Å²) in [6, 6.07) is 12.1. The first kappa shape index (κ1) is 20.6. The third-order valence-corrected chi connectivity index (χ3v) is 4.37. The lowest BCUT2D eigenvalue weighted by Crippen LogP contribution is -2.43. The lowest BCUT2D eigenvalue weighted by atomic mass is 9.93. The minimum Gasteiger partial charge on any atom is -0.506 e. The van der Waals surface area contributed by atoms with Crippen LogP contribution in [0.4, 0.5) is 5.69 Å². The Morgan fingerprint density at radius 2 is 1.96 bits per heavy atom. The van der Waals surface area contributed by atoms with Crippen LogP contribution in [0.5, 0.6) is 5.75 Å². The number of nitrogens with one attached hydrogen (secondary N) is 2. The summed E-state index contributed by atoms with van der Waals surface area (Å²) in [7, 11) is 0. The molecule has 1 amide bonds. The lowest BCUT2D eigenvalue weighted by molar-refractivity contribution is -0.105. The molecule has 0 aliphatic carbocycles. The van der Waals surface area contributed by atoms with E-state index >= 15 is 0 Å². The maximum atomic E-state index is 11.5. The molecule has 0 spiro atoms. The van der Waals surface area contributed by atoms with E-state index in [9.17, 15) is 19.8 Å². The Labute approximate surface area is 159 Å². The van der Waals surface area contributed by atoms with Crippen molar-refractivity contribution in [1.29, 1.82) is 0 Å². The second-order valence-electron chi connectivity index (χ2n) is 7.25. The molecule has 2 aromatic rings. The number of rotatable bonds is 9. The number of phenolic OH excluding ortho intramolecular Hbond substituents is 1. The second kappa shape index (κ2) is 8.79. The Morgan fingerprint density at radius 3 is 2.63 bits per heavy atom. The molecule has 0 saturated heterocycles. The van der Waals surface area contributed by atoms with E-state index in [1.807, 2.05) is 32.0 Å². The van der Waals surface area contributed by atoms with Gasteiger partial charge in [-0.05, 0) is 56.5 Å². The van der Waals surface area contributed by atoms with Crippen LogP contribution >= 0.6 is 0 Å². The summed E-state index contributed by atoms with van der Waals surface area (Å²) >= 11 is 0. The zero-order valence-corrected chi connectivity index (χ0v) is 15.8. The SMILES string of the molecule is CC(=O)c1cccc(CC(C)(C)NC[C@H](O)c2ccc(O)c(NC=O)c2)c1. The number of hydrogen-bond acceptors (Lipinski definition) is 5. The highest BCUT2D eigenvalue weighted by Crippen LogP contribution is 2.27. The molecule has 6 nitrogen and oxygen atoms in total. The molecule has 0 aliphatic rings. The van der Waals surface area contributed by atoms with E-state index in [1.165, 1.54) is 6.07 Å². The van der Waals surface area contributed by atoms with Gasteiger partial charge in [0.1, 0.15) is 5.75 Å². The van der Waals surface area contributed by atoms with Crippen LogP contribution in [0.25, 0.3) is 0 Å². The van der Waals surface area contributed by atoms with Gasteiger partial charge in [0.05, 0.1) is 11.8 Å². The Balaban J connectivity index is 2.01. The van der Waals surface area contributed by atoms with E-state index in [2.05, 4.69) is 10.6 Å². The number of carbonyl (C=O) groups excluding carboxylic acids is 2. The molecule has 6 heteroatoms. The number of ketones is 1. The maximum Gasteiger partial charge on any atom is 0.211 e. The topological polar surface area (TPSA) is 98.7 Å². The predicted molar refractivity (Wildman–Crippen MR) is 105 cm³/mol. The molecule has 0 bridgehead atoms. The molecule has 0 fully saturated rings. The van der Waals surface area contributed by atoms with Crippen molar-refractivity contribution in [2.24, 2.45) is 0 Å². The summed E-state index contributed by atoms with van der Waals surface area (Å²) in [5.41, 5.74) is 2.25. The first-order valence-corrected chi connectivity index (χ1v) is 8.78. The van der Waals surface area contributed by atoms with Gasteiger partial charge in [-0.3, -0.25) is 9.59 Å². The van der Waals surface area contributed by atoms with Crippen molar-refractivity contribution in [3.05, 3.63) is 59.2 Å². The van der Waals surface area contributed by atoms with Gasteiger partial charge in [-0.2, -0.15) is 0 Å². The van der Waals surface area contributed by atoms with Gasteiger partial charge in [0.15, 0.2) is 5.78 Å². The molecule has 1 atom stereocenters. The van der Waals surface area contributed by atoms with Crippen LogP contribution in [-0.2, 0) is 11.2 Å². The number of Topliss-reactive ketones (excluding diaryl/α,β-unsaturated/α-hetero) is 1. The van der Waals surface area contributed by atoms with Crippen LogP contribution in [0, 0.1) is 0 Å². The zero-order valence-electron chi connectivity index (χ0n) is 15.8. The summed E-state index contributed by atoms with van der Waals surface area (Å²) in [6.45, 7) is 5.89. The normalized spacial score (nSPS) is 12.4. The Bertz CT molecular complexity index is 818. The number of aliphatic hydroxyl groups excluding tert-OH is 1. The maximum absolute atomic E-state index is 11.5. The van der Waals surface area contributed by atoms with Crippen LogP contribution in [0.2, 0.25) is 0 Å². The minimum absolute atomic E-state index is 0.0325. The van der Waals surface area contributed by atoms with Crippen molar-refractivity contribution in [3.63, 3.8) is 0 Å². The molecule has 0 radical (unpaired) electrons. The molecular formula is C21H26N2O4. The lowest BCUT2D eigenvalue weighted by Gasteiger charge is -2.28. The van der Waals surface area contributed by atoms with E-state index in [0.29, 0.717) is 30.5 Å². The van der Waals surface area contributed by atoms with Gasteiger partial charge in [0.25, 0.3) is 0 Å². The number of hydrogen-bond donors (Lipinski definition) is 4. The average Bonchev–Trinajstić information content (AvgIpc) is 2.61. The molecule has 0 aliphatic heterocycles. The van der Waals surface area contributed by atoms with Gasteiger partial charge in [-0.25, -0.2) is 0 Å². The fourth-order valence-corrected chi connectivity index (χ4v) is 2.90. The quantitative estimate of drug-likeness (QED) is 0.309. The fraction of sp³-hybridized carbons (Fsp3) is 0.333. The van der Waals surface area contributed by atoms with Crippen LogP contribution in [-0.4, -0.2) is 34.5 Å². The number of aromatic hydroxyl groups is 1. The summed E-state index contributed by atoms with van der Waals surface area (Å²) in [5.74, 6) is -0.0261. The van der Waals surface area contributed by atoms with Crippen LogP contribution in [0.1, 0.15) is 48.4 Å². The van der Waals surface area contributed by atoms with Crippen molar-refractivity contribution in [2.45, 2.75) is 38.8 Å². The van der Waals surface area contributed by atoms with Gasteiger partial charge in [0, 0.05) is 17.6 Å². The van der Waals surface area contributed by atoms with E-state index in [4.69, 9.17) is 0 Å². The summed E-state index contributed by atoms with van der Waals surface area (Å²) in [5, 5.41) is 25.9. The third-order valence-electron chi connectivity index (χ3n) is 4.37. The first-order chi connectivity index (χ1) is 12.7. The highest BCUT2D eigenvalue weighted by atomic mass is 16.3. The van der Waals surface area contributed by atoms with Crippen LogP contribution in [0.3, 0.4) is 0 Å². The van der Waals surface area contributed by atoms with Gasteiger partial charge >= 0.3 is 0 Å². The number of anilines is 1. The number of phenols is 1. The average molecular weight is 370 g/mol. The van der Waals surface area contributed by atoms with Crippen molar-refractivity contribution >= 4 is 17.9 Å². The Morgan fingerprint density at radius 1 is 1.22 bits per heavy atom.